The first-order chi connectivity index (χ1) is 25.3. The first-order valence-corrected chi connectivity index (χ1v) is 18.8. The Morgan fingerprint density at radius 1 is 0.865 bits per heavy atom. The molecule has 4 aliphatic heterocycles. The number of nitrogens with one attached hydrogen (secondary N) is 3. The second-order valence-electron chi connectivity index (χ2n) is 14.6. The molecule has 2 amide bonds. The number of H-pyrrole nitrogens is 1. The number of piperidine rings is 2. The van der Waals surface area contributed by atoms with Crippen molar-refractivity contribution >= 4 is 34.1 Å². The molecule has 4 aliphatic rings. The van der Waals surface area contributed by atoms with Crippen LogP contribution in [0.3, 0.4) is 0 Å². The predicted molar refractivity (Wildman–Crippen MR) is 194 cm³/mol. The highest BCUT2D eigenvalue weighted by Gasteiger charge is 2.28. The lowest BCUT2D eigenvalue weighted by Crippen LogP contribution is -2.49. The van der Waals surface area contributed by atoms with Crippen LogP contribution in [0, 0.1) is 23.5 Å². The first kappa shape index (κ1) is 36.2. The van der Waals surface area contributed by atoms with Crippen LogP contribution >= 0.6 is 0 Å². The molecule has 1 atom stereocenters. The Morgan fingerprint density at radius 3 is 2.35 bits per heavy atom. The zero-order valence-electron chi connectivity index (χ0n) is 29.6. The highest BCUT2D eigenvalue weighted by Crippen LogP contribution is 2.27. The number of piperazine rings is 1. The molecule has 4 saturated heterocycles. The number of hydrogen-bond donors (Lipinski definition) is 3. The number of aromatic amines is 1. The number of amides is 2. The van der Waals surface area contributed by atoms with Gasteiger partial charge in [0.25, 0.3) is 5.56 Å². The summed E-state index contributed by atoms with van der Waals surface area (Å²) in [4.78, 5) is 50.6. The van der Waals surface area contributed by atoms with Gasteiger partial charge in [-0.1, -0.05) is 0 Å². The van der Waals surface area contributed by atoms with Gasteiger partial charge in [-0.2, -0.15) is 0 Å². The Morgan fingerprint density at radius 2 is 1.62 bits per heavy atom. The highest BCUT2D eigenvalue weighted by atomic mass is 19.1. The summed E-state index contributed by atoms with van der Waals surface area (Å²) < 4.78 is 41.5. The Labute approximate surface area is 302 Å². The van der Waals surface area contributed by atoms with Crippen LogP contribution in [0.5, 0.6) is 5.75 Å². The number of fused-ring (bicyclic) bond motifs is 1. The smallest absolute Gasteiger partial charge is 0.261 e. The van der Waals surface area contributed by atoms with E-state index in [4.69, 9.17) is 9.47 Å². The van der Waals surface area contributed by atoms with Crippen molar-refractivity contribution in [2.45, 2.75) is 57.4 Å². The molecule has 0 bridgehead atoms. The molecule has 0 aliphatic carbocycles. The van der Waals surface area contributed by atoms with Crippen molar-refractivity contribution in [3.63, 3.8) is 0 Å². The largest absolute Gasteiger partial charge is 0.493 e. The summed E-state index contributed by atoms with van der Waals surface area (Å²) in [7, 11) is 0. The van der Waals surface area contributed by atoms with Gasteiger partial charge in [0.2, 0.25) is 11.8 Å². The van der Waals surface area contributed by atoms with Crippen molar-refractivity contribution in [1.29, 1.82) is 0 Å². The van der Waals surface area contributed by atoms with Gasteiger partial charge in [-0.3, -0.25) is 24.6 Å². The normalized spacial score (nSPS) is 21.4. The third-order valence-corrected chi connectivity index (χ3v) is 11.1. The van der Waals surface area contributed by atoms with Crippen LogP contribution in [0.2, 0.25) is 0 Å². The lowest BCUT2D eigenvalue weighted by molar-refractivity contribution is -0.133. The van der Waals surface area contributed by atoms with E-state index in [-0.39, 0.29) is 23.4 Å². The molecular formula is C38H49F2N7O5. The number of hydrogen-bond acceptors (Lipinski definition) is 10. The highest BCUT2D eigenvalue weighted by molar-refractivity contribution is 6.01. The molecule has 12 nitrogen and oxygen atoms in total. The predicted octanol–water partition coefficient (Wildman–Crippen LogP) is 3.69. The number of aryl methyl sites for hydroxylation is 1. The molecule has 14 heteroatoms. The van der Waals surface area contributed by atoms with Gasteiger partial charge >= 0.3 is 0 Å². The summed E-state index contributed by atoms with van der Waals surface area (Å²) in [5.41, 5.74) is 0.960. The van der Waals surface area contributed by atoms with E-state index in [1.54, 1.807) is 12.1 Å². The molecule has 2 aromatic carbocycles. The Bertz CT molecular complexity index is 1790. The number of aromatic nitrogens is 2. The molecule has 0 radical (unpaired) electrons. The number of ether oxygens (including phenoxy) is 2. The molecule has 52 heavy (non-hydrogen) atoms. The van der Waals surface area contributed by atoms with E-state index < -0.39 is 29.1 Å². The summed E-state index contributed by atoms with van der Waals surface area (Å²) >= 11 is 0. The van der Waals surface area contributed by atoms with Crippen molar-refractivity contribution < 1.29 is 27.8 Å². The summed E-state index contributed by atoms with van der Waals surface area (Å²) in [6, 6.07) is 7.41. The van der Waals surface area contributed by atoms with E-state index in [2.05, 4.69) is 35.3 Å². The number of carbonyl (C=O) groups is 2. The maximum Gasteiger partial charge on any atom is 0.261 e. The molecule has 1 aromatic heterocycles. The van der Waals surface area contributed by atoms with Gasteiger partial charge in [0.15, 0.2) is 0 Å². The van der Waals surface area contributed by atoms with Crippen molar-refractivity contribution in [2.75, 3.05) is 82.4 Å². The number of carbonyl (C=O) groups excluding carboxylic acids is 2. The van der Waals surface area contributed by atoms with E-state index in [0.29, 0.717) is 48.4 Å². The maximum atomic E-state index is 15.0. The molecule has 3 N–H and O–H groups in total. The van der Waals surface area contributed by atoms with Gasteiger partial charge in [0.05, 0.1) is 17.8 Å². The lowest BCUT2D eigenvalue weighted by atomic mass is 9.95. The zero-order valence-corrected chi connectivity index (χ0v) is 29.6. The molecule has 1 unspecified atom stereocenters. The van der Waals surface area contributed by atoms with E-state index in [1.807, 2.05) is 6.07 Å². The monoisotopic (exact) mass is 721 g/mol. The third kappa shape index (κ3) is 9.07. The molecule has 3 aromatic rings. The number of rotatable bonds is 12. The Hall–Kier alpha value is -4.14. The molecule has 5 heterocycles. The number of benzene rings is 2. The fourth-order valence-corrected chi connectivity index (χ4v) is 7.77. The van der Waals surface area contributed by atoms with Crippen molar-refractivity contribution in [3.8, 4) is 5.75 Å². The summed E-state index contributed by atoms with van der Waals surface area (Å²) in [5.74, 6) is 0.151. The Balaban J connectivity index is 0.820. The standard InChI is InChI=1S/C38H49F2N7O5/c39-29-21-27(2-3-31(29)41-32-4-6-35(48)44-37(32)49)47-17-15-46(16-18-47)14-13-45-11-7-26(8-12-45)24-52-28-22-30(40)36-33(23-28)42-34(43-38(36)50)5-1-25-9-19-51-20-10-25/h2-3,21-23,25-26,32,41H,1,4-20,24H2,(H,42,43,50)(H,44,48,49). The van der Waals surface area contributed by atoms with Crippen molar-refractivity contribution in [1.82, 2.24) is 25.1 Å². The summed E-state index contributed by atoms with van der Waals surface area (Å²) in [6.45, 7) is 9.34. The van der Waals surface area contributed by atoms with Crippen LogP contribution in [0.25, 0.3) is 10.9 Å². The zero-order chi connectivity index (χ0) is 36.0. The van der Waals surface area contributed by atoms with Crippen LogP contribution in [-0.4, -0.2) is 110 Å². The van der Waals surface area contributed by atoms with Crippen molar-refractivity contribution in [3.05, 3.63) is 58.1 Å². The topological polar surface area (TPSA) is 132 Å². The van der Waals surface area contributed by atoms with Crippen LogP contribution in [0.4, 0.5) is 20.2 Å². The van der Waals surface area contributed by atoms with Gasteiger partial charge < -0.3 is 29.6 Å². The number of likely N-dealkylation sites (tertiary alicyclic amines) is 1. The minimum absolute atomic E-state index is 0.0268. The number of halogens is 2. The average molecular weight is 722 g/mol. The van der Waals surface area contributed by atoms with E-state index in [9.17, 15) is 23.2 Å². The third-order valence-electron chi connectivity index (χ3n) is 11.1. The molecular weight excluding hydrogens is 672 g/mol. The minimum Gasteiger partial charge on any atom is -0.493 e. The van der Waals surface area contributed by atoms with Gasteiger partial charge in [-0.15, -0.1) is 0 Å². The van der Waals surface area contributed by atoms with Crippen molar-refractivity contribution in [2.24, 2.45) is 11.8 Å². The summed E-state index contributed by atoms with van der Waals surface area (Å²) in [5, 5.41) is 5.20. The van der Waals surface area contributed by atoms with Gasteiger partial charge in [-0.25, -0.2) is 13.8 Å². The number of anilines is 2. The fraction of sp³-hybridized carbons (Fsp3) is 0.579. The maximum absolute atomic E-state index is 15.0. The Kier molecular flexibility index (Phi) is 11.6. The molecule has 7 rings (SSSR count). The molecule has 0 saturated carbocycles. The number of nitrogens with zero attached hydrogens (tertiary/aromatic N) is 4. The van der Waals surface area contributed by atoms with Gasteiger partial charge in [-0.05, 0) is 81.6 Å². The molecule has 280 valence electrons. The SMILES string of the molecule is O=C1CCC(Nc2ccc(N3CCN(CCN4CCC(COc5cc(F)c6c(=O)[nH]c(CCC7CCOCC7)nc6c5)CC4)CC3)cc2F)C(=O)N1. The van der Waals surface area contributed by atoms with Crippen LogP contribution in [0.15, 0.2) is 35.1 Å². The van der Waals surface area contributed by atoms with E-state index >= 15 is 0 Å². The molecule has 0 spiro atoms. The summed E-state index contributed by atoms with van der Waals surface area (Å²) in [6.07, 6.45) is 6.16. The second-order valence-corrected chi connectivity index (χ2v) is 14.6. The minimum atomic E-state index is -0.625. The van der Waals surface area contributed by atoms with Gasteiger partial charge in [0, 0.05) is 83.1 Å². The van der Waals surface area contributed by atoms with Crippen LogP contribution in [-0.2, 0) is 20.7 Å². The molecule has 4 fully saturated rings. The first-order valence-electron chi connectivity index (χ1n) is 18.8. The van der Waals surface area contributed by atoms with Crippen LogP contribution in [0.1, 0.15) is 50.8 Å². The van der Waals surface area contributed by atoms with Crippen LogP contribution < -0.4 is 25.8 Å². The van der Waals surface area contributed by atoms with Gasteiger partial charge in [0.1, 0.15) is 34.6 Å². The average Bonchev–Trinajstić information content (AvgIpc) is 3.15. The quantitative estimate of drug-likeness (QED) is 0.238. The van der Waals surface area contributed by atoms with E-state index in [1.165, 1.54) is 12.1 Å². The second kappa shape index (κ2) is 16.7. The van der Waals surface area contributed by atoms with E-state index in [0.717, 1.165) is 103 Å². The fourth-order valence-electron chi connectivity index (χ4n) is 7.77. The number of imide groups is 1. The lowest BCUT2D eigenvalue weighted by Gasteiger charge is -2.38.